The first-order valence-electron chi connectivity index (χ1n) is 39.4. The molecule has 0 spiro atoms. The number of amides is 4. The van der Waals surface area contributed by atoms with Gasteiger partial charge in [0, 0.05) is 38.8 Å². The second-order valence-electron chi connectivity index (χ2n) is 35.3. The number of benzene rings is 2. The number of carbonyl (C=O) groups is 8. The molecular formula is C82H112N8O18S2. The number of hydrogen-bond donors (Lipinski definition) is 2. The lowest BCUT2D eigenvalue weighted by molar-refractivity contribution is -0.160. The Hall–Kier alpha value is -8.14. The number of aryl methyl sites for hydroxylation is 2. The lowest BCUT2D eigenvalue weighted by Gasteiger charge is -2.32. The first-order valence-corrected chi connectivity index (χ1v) is 42.4. The summed E-state index contributed by atoms with van der Waals surface area (Å²) < 4.78 is 82.5. The molecule has 110 heavy (non-hydrogen) atoms. The fourth-order valence-corrected chi connectivity index (χ4v) is 19.3. The van der Waals surface area contributed by atoms with Crippen LogP contribution in [0.5, 0.6) is 11.8 Å². The average molecular weight is 1560 g/mol. The van der Waals surface area contributed by atoms with Gasteiger partial charge in [-0.1, -0.05) is 76.3 Å². The predicted octanol–water partition coefficient (Wildman–Crippen LogP) is 10.2. The minimum absolute atomic E-state index is 0.00114. The summed E-state index contributed by atoms with van der Waals surface area (Å²) in [7, 11) is -7.93. The Balaban J connectivity index is 0.000000218. The number of fused-ring (bicyclic) bond motifs is 6. The van der Waals surface area contributed by atoms with Gasteiger partial charge in [0.25, 0.3) is 11.1 Å². The highest BCUT2D eigenvalue weighted by molar-refractivity contribution is 7.92. The molecule has 4 aliphatic carbocycles. The van der Waals surface area contributed by atoms with Crippen molar-refractivity contribution in [2.75, 3.05) is 13.1 Å². The minimum atomic E-state index is -3.97. The summed E-state index contributed by atoms with van der Waals surface area (Å²) in [5.41, 5.74) is -4.64. The molecule has 2 saturated heterocycles. The summed E-state index contributed by atoms with van der Waals surface area (Å²) in [6, 6.07) is 11.9. The van der Waals surface area contributed by atoms with Crippen molar-refractivity contribution in [2.24, 2.45) is 58.2 Å². The summed E-state index contributed by atoms with van der Waals surface area (Å²) in [4.78, 5) is 143. The molecule has 4 amide bonds. The number of ether oxygens (including phenoxy) is 4. The molecule has 4 saturated carbocycles. The fourth-order valence-electron chi connectivity index (χ4n) is 16.6. The van der Waals surface area contributed by atoms with Gasteiger partial charge in [-0.05, 0) is 206 Å². The smallest absolute Gasteiger partial charge is 0.307 e. The number of aromatic nitrogens is 4. The third kappa shape index (κ3) is 18.2. The Morgan fingerprint density at radius 2 is 0.873 bits per heavy atom. The second-order valence-corrected chi connectivity index (χ2v) is 39.7. The molecule has 26 nitrogen and oxygen atoms in total. The molecule has 8 aliphatic rings. The molecule has 12 rings (SSSR count). The van der Waals surface area contributed by atoms with Crippen molar-refractivity contribution in [1.29, 1.82) is 0 Å². The maximum absolute atomic E-state index is 14.9. The van der Waals surface area contributed by atoms with E-state index < -0.39 is 111 Å². The molecule has 2 aromatic carbocycles. The first-order chi connectivity index (χ1) is 51.5. The van der Waals surface area contributed by atoms with E-state index in [1.807, 2.05) is 38.2 Å². The SMILES string of the molecule is CCn1nc(O[C@@H]2C[C@H]3C(=O)C[C@]4(C(=O)NS(=O)(=O)C5(C)CC5)C[C@H]4/C=C\CC[C@@H](C)C[C@@H](C)[C@H](CC(=O)OC(C)(C)C)C(=O)N3C2)c2ccccc2c1=O.CCn1nc(O[C@@H]2C[C@H]3C(=O)C[C@]4(C(=O)NS(=O)(=O)C5(C)CC5)C[C@H]4/C=C\CC[C@H](C)C[C@@H](C)[C@H](CC(=O)OC(C)(C)C)C(=O)N3C2)c2ccccc2c1=O. The van der Waals surface area contributed by atoms with Crippen LogP contribution in [-0.2, 0) is 81.0 Å². The molecule has 4 aromatic rings. The summed E-state index contributed by atoms with van der Waals surface area (Å²) in [6.07, 6.45) is 12.4. The number of allylic oxidation sites excluding steroid dienone is 4. The third-order valence-electron chi connectivity index (χ3n) is 24.0. The number of Topliss-reactive ketones (excluding diaryl/α,β-unsaturated/α-hetero) is 2. The highest BCUT2D eigenvalue weighted by Gasteiger charge is 2.65. The number of nitrogens with zero attached hydrogens (tertiary/aromatic N) is 6. The van der Waals surface area contributed by atoms with Crippen LogP contribution in [0.3, 0.4) is 0 Å². The number of ketones is 2. The van der Waals surface area contributed by atoms with Crippen molar-refractivity contribution in [3.8, 4) is 11.8 Å². The highest BCUT2D eigenvalue weighted by Crippen LogP contribution is 2.59. The number of rotatable bonds is 16. The quantitative estimate of drug-likeness (QED) is 0.0777. The lowest BCUT2D eigenvalue weighted by atomic mass is 9.82. The van der Waals surface area contributed by atoms with Crippen LogP contribution in [0.1, 0.15) is 213 Å². The van der Waals surface area contributed by atoms with Crippen molar-refractivity contribution < 1.29 is 74.1 Å². The molecule has 28 heteroatoms. The Morgan fingerprint density at radius 3 is 1.20 bits per heavy atom. The van der Waals surface area contributed by atoms with E-state index in [0.29, 0.717) is 98.8 Å². The summed E-state index contributed by atoms with van der Waals surface area (Å²) in [5, 5.41) is 10.8. The van der Waals surface area contributed by atoms with Crippen LogP contribution in [0.15, 0.2) is 82.4 Å². The van der Waals surface area contributed by atoms with Crippen molar-refractivity contribution in [2.45, 2.75) is 271 Å². The van der Waals surface area contributed by atoms with E-state index in [-0.39, 0.29) is 133 Å². The predicted molar refractivity (Wildman–Crippen MR) is 413 cm³/mol. The van der Waals surface area contributed by atoms with Crippen LogP contribution >= 0.6 is 0 Å². The zero-order chi connectivity index (χ0) is 80.2. The zero-order valence-electron chi connectivity index (χ0n) is 66.3. The largest absolute Gasteiger partial charge is 0.471 e. The summed E-state index contributed by atoms with van der Waals surface area (Å²) in [6.45, 7) is 26.1. The second kappa shape index (κ2) is 31.8. The van der Waals surface area contributed by atoms with Crippen LogP contribution in [0.4, 0.5) is 0 Å². The topological polar surface area (TPSA) is 342 Å². The van der Waals surface area contributed by atoms with E-state index in [1.165, 1.54) is 19.2 Å². The maximum atomic E-state index is 14.9. The van der Waals surface area contributed by atoms with Crippen LogP contribution in [0, 0.1) is 58.2 Å². The van der Waals surface area contributed by atoms with Crippen molar-refractivity contribution in [1.82, 2.24) is 38.8 Å². The number of hydrogen-bond acceptors (Lipinski definition) is 20. The lowest BCUT2D eigenvalue weighted by Crippen LogP contribution is -2.48. The standard InChI is InChI=1S/2C41H56N4O9S/c2*1-8-45-37(49)30-16-12-11-15-29(30)35(42-45)53-28-20-32-33(46)23-41(38(50)43-55(51,52)40(7)17-18-40)22-27(41)14-10-9-13-25(2)19-26(3)31(36(48)44(32)24-28)21-34(47)54-39(4,5)6/h2*10-12,14-16,25-28,31-32H,8-9,13,17-24H2,1-7H3,(H,43,50)/b2*14-10-/t25-,26+,27+,28+,31-,32-,41+;25-,26-,27-,28-,31+,32+,41-/m01/s1. The van der Waals surface area contributed by atoms with Gasteiger partial charge in [-0.3, -0.25) is 57.4 Å². The van der Waals surface area contributed by atoms with Gasteiger partial charge in [0.2, 0.25) is 55.4 Å². The van der Waals surface area contributed by atoms with Gasteiger partial charge in [0.05, 0.1) is 91.7 Å². The number of nitrogens with one attached hydrogen (secondary N) is 2. The van der Waals surface area contributed by atoms with Crippen LogP contribution in [0.25, 0.3) is 21.5 Å². The van der Waals surface area contributed by atoms with E-state index in [9.17, 15) is 64.8 Å². The van der Waals surface area contributed by atoms with Crippen LogP contribution < -0.4 is 30.0 Å². The monoisotopic (exact) mass is 1560 g/mol. The van der Waals surface area contributed by atoms with E-state index in [4.69, 9.17) is 18.9 Å². The Kier molecular flexibility index (Phi) is 23.9. The van der Waals surface area contributed by atoms with Crippen molar-refractivity contribution >= 4 is 88.7 Å². The van der Waals surface area contributed by atoms with Gasteiger partial charge in [0.15, 0.2) is 11.6 Å². The molecule has 2 N–H and O–H groups in total. The molecular weight excluding hydrogens is 1450 g/mol. The number of esters is 2. The Morgan fingerprint density at radius 1 is 0.527 bits per heavy atom. The normalized spacial score (nSPS) is 30.3. The van der Waals surface area contributed by atoms with Gasteiger partial charge in [-0.2, -0.15) is 0 Å². The number of carbonyl (C=O) groups excluding carboxylic acids is 8. The van der Waals surface area contributed by atoms with E-state index in [1.54, 1.807) is 118 Å². The van der Waals surface area contributed by atoms with Gasteiger partial charge in [-0.15, -0.1) is 10.2 Å². The molecule has 0 bridgehead atoms. The van der Waals surface area contributed by atoms with Gasteiger partial charge in [0.1, 0.15) is 23.4 Å². The first kappa shape index (κ1) is 82.8. The van der Waals surface area contributed by atoms with E-state index in [0.717, 1.165) is 12.8 Å². The van der Waals surface area contributed by atoms with Crippen molar-refractivity contribution in [3.05, 3.63) is 93.5 Å². The summed E-state index contributed by atoms with van der Waals surface area (Å²) in [5.74, 6) is -5.95. The van der Waals surface area contributed by atoms with Crippen LogP contribution in [0.2, 0.25) is 0 Å². The average Bonchev–Trinajstić information content (AvgIpc) is 1.56. The molecule has 0 radical (unpaired) electrons. The molecule has 14 atom stereocenters. The van der Waals surface area contributed by atoms with Crippen LogP contribution in [-0.4, -0.2) is 151 Å². The molecule has 600 valence electrons. The number of sulfonamides is 2. The zero-order valence-corrected chi connectivity index (χ0v) is 67.9. The van der Waals surface area contributed by atoms with Gasteiger partial charge < -0.3 is 28.7 Å². The third-order valence-corrected chi connectivity index (χ3v) is 28.3. The van der Waals surface area contributed by atoms with E-state index >= 15 is 0 Å². The van der Waals surface area contributed by atoms with Gasteiger partial charge >= 0.3 is 11.9 Å². The highest BCUT2D eigenvalue weighted by atomic mass is 32.2. The minimum Gasteiger partial charge on any atom is -0.471 e. The molecule has 0 unspecified atom stereocenters. The summed E-state index contributed by atoms with van der Waals surface area (Å²) >= 11 is 0. The molecule has 2 aromatic heterocycles. The Bertz CT molecular complexity index is 4390. The van der Waals surface area contributed by atoms with Crippen molar-refractivity contribution in [3.63, 3.8) is 0 Å². The fraction of sp³-hybridized carbons (Fsp3) is 0.659. The molecule has 4 aliphatic heterocycles. The molecule has 6 heterocycles. The maximum Gasteiger partial charge on any atom is 0.307 e. The Labute approximate surface area is 645 Å². The van der Waals surface area contributed by atoms with E-state index in [2.05, 4.69) is 33.5 Å². The molecule has 6 fully saturated rings. The van der Waals surface area contributed by atoms with Gasteiger partial charge in [-0.25, -0.2) is 26.2 Å².